The van der Waals surface area contributed by atoms with Crippen molar-refractivity contribution in [3.8, 4) is 5.75 Å². The molecule has 0 aliphatic carbocycles. The molecule has 2 aromatic rings. The minimum absolute atomic E-state index is 0.133. The number of nitrogens with one attached hydrogen (secondary N) is 2. The van der Waals surface area contributed by atoms with Gasteiger partial charge in [-0.05, 0) is 42.8 Å². The Morgan fingerprint density at radius 1 is 1.14 bits per heavy atom. The number of unbranched alkanes of at least 4 members (excludes halogenated alkanes) is 1. The lowest BCUT2D eigenvalue weighted by Gasteiger charge is -2.13. The van der Waals surface area contributed by atoms with E-state index < -0.39 is 23.4 Å². The highest BCUT2D eigenvalue weighted by Gasteiger charge is 2.28. The third kappa shape index (κ3) is 7.94. The zero-order valence-corrected chi connectivity index (χ0v) is 16.4. The molecule has 2 aromatic carbocycles. The lowest BCUT2D eigenvalue weighted by Crippen LogP contribution is -2.20. The van der Waals surface area contributed by atoms with E-state index >= 15 is 0 Å². The van der Waals surface area contributed by atoms with E-state index in [1.165, 1.54) is 11.6 Å². The number of benzene rings is 2. The molecule has 0 saturated carbocycles. The number of thiocarbonyl (C=S) groups is 1. The maximum atomic E-state index is 12.3. The van der Waals surface area contributed by atoms with Crippen molar-refractivity contribution >= 4 is 34.4 Å². The molecular weight excluding hydrogens is 407 g/mol. The maximum absolute atomic E-state index is 12.3. The van der Waals surface area contributed by atoms with Crippen molar-refractivity contribution in [1.82, 2.24) is 0 Å². The molecule has 0 saturated heterocycles. The number of aryl methyl sites for hydroxylation is 1. The first-order valence-corrected chi connectivity index (χ1v) is 9.23. The van der Waals surface area contributed by atoms with Crippen LogP contribution in [0.1, 0.15) is 25.3 Å². The van der Waals surface area contributed by atoms with Crippen LogP contribution in [-0.2, 0) is 6.42 Å². The summed E-state index contributed by atoms with van der Waals surface area (Å²) in [5, 5.41) is 16.8. The molecule has 6 nitrogen and oxygen atoms in total. The van der Waals surface area contributed by atoms with Crippen LogP contribution in [0.3, 0.4) is 0 Å². The number of halogens is 3. The van der Waals surface area contributed by atoms with Gasteiger partial charge in [-0.3, -0.25) is 10.1 Å². The number of hydrogen-bond acceptors (Lipinski definition) is 4. The van der Waals surface area contributed by atoms with Crippen molar-refractivity contribution in [2.45, 2.75) is 32.4 Å². The number of nitrogens with zero attached hydrogens (tertiary/aromatic N) is 1. The second-order valence-corrected chi connectivity index (χ2v) is 6.66. The highest BCUT2D eigenvalue weighted by Crippen LogP contribution is 2.28. The van der Waals surface area contributed by atoms with Gasteiger partial charge in [-0.25, -0.2) is 0 Å². The molecule has 0 fully saturated rings. The summed E-state index contributed by atoms with van der Waals surface area (Å²) < 4.78 is 41.6. The first-order chi connectivity index (χ1) is 13.7. The van der Waals surface area contributed by atoms with Gasteiger partial charge in [0.1, 0.15) is 5.75 Å². The van der Waals surface area contributed by atoms with Gasteiger partial charge in [0, 0.05) is 17.8 Å². The van der Waals surface area contributed by atoms with E-state index in [-0.39, 0.29) is 16.5 Å². The van der Waals surface area contributed by atoms with Gasteiger partial charge in [0.25, 0.3) is 5.69 Å². The Bertz CT molecular complexity index is 858. The van der Waals surface area contributed by atoms with Crippen molar-refractivity contribution in [1.29, 1.82) is 0 Å². The van der Waals surface area contributed by atoms with Crippen LogP contribution in [0.5, 0.6) is 5.75 Å². The number of alkyl halides is 3. The molecule has 0 spiro atoms. The number of nitro benzene ring substituents is 1. The third-order valence-electron chi connectivity index (χ3n) is 3.79. The highest BCUT2D eigenvalue weighted by molar-refractivity contribution is 7.80. The molecule has 0 radical (unpaired) electrons. The Morgan fingerprint density at radius 2 is 1.79 bits per heavy atom. The van der Waals surface area contributed by atoms with Gasteiger partial charge in [0.05, 0.1) is 16.7 Å². The normalized spacial score (nSPS) is 11.0. The molecule has 0 amide bonds. The first-order valence-electron chi connectivity index (χ1n) is 8.82. The van der Waals surface area contributed by atoms with Gasteiger partial charge in [-0.2, -0.15) is 13.2 Å². The molecule has 0 heterocycles. The summed E-state index contributed by atoms with van der Waals surface area (Å²) in [6, 6.07) is 10.9. The fraction of sp³-hybridized carbons (Fsp3) is 0.316. The van der Waals surface area contributed by atoms with Gasteiger partial charge in [-0.1, -0.05) is 25.5 Å². The second-order valence-electron chi connectivity index (χ2n) is 6.26. The number of hydrogen-bond donors (Lipinski definition) is 2. The highest BCUT2D eigenvalue weighted by atomic mass is 32.1. The first kappa shape index (κ1) is 22.4. The minimum atomic E-state index is -4.56. The fourth-order valence-electron chi connectivity index (χ4n) is 2.44. The van der Waals surface area contributed by atoms with E-state index in [9.17, 15) is 23.3 Å². The third-order valence-corrected chi connectivity index (χ3v) is 4.00. The van der Waals surface area contributed by atoms with Crippen molar-refractivity contribution in [3.05, 3.63) is 58.1 Å². The number of non-ortho nitro benzene ring substituents is 1. The summed E-state index contributed by atoms with van der Waals surface area (Å²) in [4.78, 5) is 10.3. The second kappa shape index (κ2) is 10.1. The molecule has 2 rings (SSSR count). The number of rotatable bonds is 8. The molecule has 0 atom stereocenters. The standard InChI is InChI=1S/C19H20F3N3O3S/c1-2-3-4-13-5-7-14(8-6-13)23-18(29)24-15-9-16(25(26)27)11-17(10-15)28-12-19(20,21)22/h5-11H,2-4,12H2,1H3,(H2,23,24,29). The Hall–Kier alpha value is -2.88. The maximum Gasteiger partial charge on any atom is 0.422 e. The molecule has 2 N–H and O–H groups in total. The lowest BCUT2D eigenvalue weighted by molar-refractivity contribution is -0.384. The fourth-order valence-corrected chi connectivity index (χ4v) is 2.67. The Balaban J connectivity index is 2.06. The molecule has 0 aliphatic heterocycles. The molecular formula is C19H20F3N3O3S. The molecule has 0 bridgehead atoms. The van der Waals surface area contributed by atoms with Crippen LogP contribution in [0.25, 0.3) is 0 Å². The van der Waals surface area contributed by atoms with Gasteiger partial charge < -0.3 is 15.4 Å². The average molecular weight is 427 g/mol. The summed E-state index contributed by atoms with van der Waals surface area (Å²) in [5.74, 6) is -0.290. The topological polar surface area (TPSA) is 76.4 Å². The van der Waals surface area contributed by atoms with E-state index in [0.29, 0.717) is 5.69 Å². The van der Waals surface area contributed by atoms with Crippen LogP contribution in [0, 0.1) is 10.1 Å². The largest absolute Gasteiger partial charge is 0.484 e. The van der Waals surface area contributed by atoms with Crippen molar-refractivity contribution < 1.29 is 22.8 Å². The number of nitro groups is 1. The van der Waals surface area contributed by atoms with Crippen LogP contribution < -0.4 is 15.4 Å². The van der Waals surface area contributed by atoms with Crippen LogP contribution in [0.15, 0.2) is 42.5 Å². The summed E-state index contributed by atoms with van der Waals surface area (Å²) in [6.07, 6.45) is -1.38. The predicted octanol–water partition coefficient (Wildman–Crippen LogP) is 5.69. The molecule has 0 unspecified atom stereocenters. The quantitative estimate of drug-likeness (QED) is 0.320. The monoisotopic (exact) mass is 427 g/mol. The van der Waals surface area contributed by atoms with Gasteiger partial charge in [0.15, 0.2) is 11.7 Å². The van der Waals surface area contributed by atoms with Crippen LogP contribution in [0.2, 0.25) is 0 Å². The Labute approximate surface area is 171 Å². The lowest BCUT2D eigenvalue weighted by atomic mass is 10.1. The number of ether oxygens (including phenoxy) is 1. The van der Waals surface area contributed by atoms with Crippen LogP contribution in [0.4, 0.5) is 30.2 Å². The van der Waals surface area contributed by atoms with Crippen LogP contribution in [-0.4, -0.2) is 22.8 Å². The van der Waals surface area contributed by atoms with Gasteiger partial charge in [0.2, 0.25) is 0 Å². The Kier molecular flexibility index (Phi) is 7.77. The van der Waals surface area contributed by atoms with Gasteiger partial charge >= 0.3 is 6.18 Å². The van der Waals surface area contributed by atoms with Crippen molar-refractivity contribution in [3.63, 3.8) is 0 Å². The summed E-state index contributed by atoms with van der Waals surface area (Å²) in [6.45, 7) is 0.564. The molecule has 29 heavy (non-hydrogen) atoms. The van der Waals surface area contributed by atoms with Crippen molar-refractivity contribution in [2.24, 2.45) is 0 Å². The zero-order chi connectivity index (χ0) is 21.4. The summed E-state index contributed by atoms with van der Waals surface area (Å²) >= 11 is 5.18. The zero-order valence-electron chi connectivity index (χ0n) is 15.6. The van der Waals surface area contributed by atoms with Crippen molar-refractivity contribution in [2.75, 3.05) is 17.2 Å². The average Bonchev–Trinajstić information content (AvgIpc) is 2.65. The Morgan fingerprint density at radius 3 is 2.38 bits per heavy atom. The predicted molar refractivity (Wildman–Crippen MR) is 110 cm³/mol. The number of anilines is 2. The molecule has 156 valence electrons. The molecule has 0 aliphatic rings. The van der Waals surface area contributed by atoms with E-state index in [0.717, 1.165) is 31.4 Å². The van der Waals surface area contributed by atoms with E-state index in [1.54, 1.807) is 0 Å². The smallest absolute Gasteiger partial charge is 0.422 e. The molecule has 10 heteroatoms. The van der Waals surface area contributed by atoms with Gasteiger partial charge in [-0.15, -0.1) is 0 Å². The SMILES string of the molecule is CCCCc1ccc(NC(=S)Nc2cc(OCC(F)(F)F)cc([N+](=O)[O-])c2)cc1. The van der Waals surface area contributed by atoms with E-state index in [1.807, 2.05) is 24.3 Å². The summed E-state index contributed by atoms with van der Waals surface area (Å²) in [7, 11) is 0. The molecule has 0 aromatic heterocycles. The van der Waals surface area contributed by atoms with Crippen LogP contribution >= 0.6 is 12.2 Å². The summed E-state index contributed by atoms with van der Waals surface area (Å²) in [5.41, 5.74) is 1.62. The van der Waals surface area contributed by atoms with E-state index in [4.69, 9.17) is 12.2 Å². The van der Waals surface area contributed by atoms with E-state index in [2.05, 4.69) is 22.3 Å². The minimum Gasteiger partial charge on any atom is -0.484 e.